The molecule has 1 fully saturated rings. The van der Waals surface area contributed by atoms with Crippen molar-refractivity contribution in [2.75, 3.05) is 17.8 Å². The van der Waals surface area contributed by atoms with E-state index in [1.165, 1.54) is 16.7 Å². The van der Waals surface area contributed by atoms with Crippen LogP contribution >= 0.6 is 34.7 Å². The second-order valence-corrected chi connectivity index (χ2v) is 9.98. The monoisotopic (exact) mass is 472 g/mol. The molecule has 0 radical (unpaired) electrons. The minimum Gasteiger partial charge on any atom is -0.497 e. The number of rotatable bonds is 3. The van der Waals surface area contributed by atoms with Crippen LogP contribution in [0.15, 0.2) is 58.4 Å². The summed E-state index contributed by atoms with van der Waals surface area (Å²) in [7, 11) is 1.59. The highest BCUT2D eigenvalue weighted by Gasteiger charge is 2.59. The molecule has 3 heterocycles. The Kier molecular flexibility index (Phi) is 4.96. The number of amides is 2. The number of ether oxygens (including phenoxy) is 1. The summed E-state index contributed by atoms with van der Waals surface area (Å²) in [6, 6.07) is 14.1. The summed E-state index contributed by atoms with van der Waals surface area (Å²) in [5.41, 5.74) is 0.396. The maximum atomic E-state index is 13.9. The number of hydrogen-bond acceptors (Lipinski definition) is 6. The zero-order valence-electron chi connectivity index (χ0n) is 16.4. The summed E-state index contributed by atoms with van der Waals surface area (Å²) in [6.45, 7) is 0. The number of H-pyrrole nitrogens is 1. The van der Waals surface area contributed by atoms with Crippen molar-refractivity contribution in [3.63, 3.8) is 0 Å². The van der Waals surface area contributed by atoms with E-state index in [0.29, 0.717) is 22.2 Å². The first kappa shape index (κ1) is 20.4. The topological polar surface area (TPSA) is 79.5 Å². The van der Waals surface area contributed by atoms with Crippen LogP contribution in [0.1, 0.15) is 22.8 Å². The number of aromatic nitrogens is 1. The van der Waals surface area contributed by atoms with Gasteiger partial charge in [-0.1, -0.05) is 35.1 Å². The van der Waals surface area contributed by atoms with Gasteiger partial charge in [-0.05, 0) is 42.0 Å². The third-order valence-corrected chi connectivity index (χ3v) is 8.41. The Morgan fingerprint density at radius 1 is 1.10 bits per heavy atom. The predicted molar refractivity (Wildman–Crippen MR) is 121 cm³/mol. The van der Waals surface area contributed by atoms with Crippen molar-refractivity contribution < 1.29 is 14.3 Å². The van der Waals surface area contributed by atoms with Gasteiger partial charge in [0.1, 0.15) is 5.75 Å². The molecule has 6 nitrogen and oxygen atoms in total. The third kappa shape index (κ3) is 3.21. The molecule has 2 amide bonds. The standard InChI is InChI=1S/C22H17ClN2O4S2/c1-29-15-8-2-12(3-9-15)17-18-19(24-21(28)31-18)30-11-22(17)10-16(26)25(20(22)27)14-6-4-13(23)5-7-14/h2-9,17H,10-11H2,1H3,(H,24,28)/t17-,22+/m0/s1. The number of nitrogens with zero attached hydrogens (tertiary/aromatic N) is 1. The SMILES string of the molecule is COc1ccc([C@H]2c3sc(=O)[nH]c3SC[C@]23CC(=O)N(c2ccc(Cl)cc2)C3=O)cc1. The number of carbonyl (C=O) groups excluding carboxylic acids is 2. The normalized spacial score (nSPS) is 22.8. The van der Waals surface area contributed by atoms with E-state index in [2.05, 4.69) is 4.98 Å². The average molecular weight is 473 g/mol. The number of imide groups is 1. The summed E-state index contributed by atoms with van der Waals surface area (Å²) in [4.78, 5) is 43.9. The number of thiazole rings is 1. The Bertz CT molecular complexity index is 1240. The van der Waals surface area contributed by atoms with Crippen molar-refractivity contribution in [3.8, 4) is 5.75 Å². The molecular formula is C22H17ClN2O4S2. The molecule has 0 bridgehead atoms. The number of benzene rings is 2. The smallest absolute Gasteiger partial charge is 0.305 e. The molecule has 9 heteroatoms. The number of nitrogens with one attached hydrogen (secondary N) is 1. The average Bonchev–Trinajstić information content (AvgIpc) is 3.25. The van der Waals surface area contributed by atoms with Crippen LogP contribution in [0.5, 0.6) is 5.75 Å². The summed E-state index contributed by atoms with van der Waals surface area (Å²) in [5.74, 6) is 0.185. The number of aromatic amines is 1. The van der Waals surface area contributed by atoms with E-state index in [0.717, 1.165) is 26.8 Å². The van der Waals surface area contributed by atoms with E-state index in [9.17, 15) is 14.4 Å². The number of halogens is 1. The molecule has 0 saturated carbocycles. The van der Waals surface area contributed by atoms with Gasteiger partial charge >= 0.3 is 4.87 Å². The maximum absolute atomic E-state index is 13.9. The molecular weight excluding hydrogens is 456 g/mol. The first-order valence-electron chi connectivity index (χ1n) is 9.56. The van der Waals surface area contributed by atoms with Gasteiger partial charge in [0.25, 0.3) is 0 Å². The van der Waals surface area contributed by atoms with E-state index in [1.807, 2.05) is 24.3 Å². The van der Waals surface area contributed by atoms with Gasteiger partial charge in [-0.25, -0.2) is 4.90 Å². The minimum absolute atomic E-state index is 0.0731. The lowest BCUT2D eigenvalue weighted by Gasteiger charge is -2.38. The second kappa shape index (κ2) is 7.55. The van der Waals surface area contributed by atoms with Gasteiger partial charge in [0.15, 0.2) is 0 Å². The zero-order chi connectivity index (χ0) is 21.8. The highest BCUT2D eigenvalue weighted by molar-refractivity contribution is 7.99. The summed E-state index contributed by atoms with van der Waals surface area (Å²) >= 11 is 8.52. The Balaban J connectivity index is 1.65. The molecule has 0 aliphatic carbocycles. The van der Waals surface area contributed by atoms with Crippen molar-refractivity contribution in [1.29, 1.82) is 0 Å². The van der Waals surface area contributed by atoms with Gasteiger partial charge in [0, 0.05) is 28.0 Å². The van der Waals surface area contributed by atoms with Crippen molar-refractivity contribution >= 4 is 52.2 Å². The van der Waals surface area contributed by atoms with Crippen LogP contribution < -0.4 is 14.5 Å². The van der Waals surface area contributed by atoms with Crippen LogP contribution in [0.2, 0.25) is 5.02 Å². The molecule has 2 aliphatic heterocycles. The first-order chi connectivity index (χ1) is 14.9. The van der Waals surface area contributed by atoms with Crippen LogP contribution in [0, 0.1) is 5.41 Å². The quantitative estimate of drug-likeness (QED) is 0.575. The van der Waals surface area contributed by atoms with Crippen LogP contribution in [-0.4, -0.2) is 29.7 Å². The molecule has 1 spiro atoms. The summed E-state index contributed by atoms with van der Waals surface area (Å²) in [5, 5.41) is 1.30. The number of carbonyl (C=O) groups is 2. The molecule has 31 heavy (non-hydrogen) atoms. The van der Waals surface area contributed by atoms with E-state index < -0.39 is 11.3 Å². The number of anilines is 1. The second-order valence-electron chi connectivity index (χ2n) is 7.55. The highest BCUT2D eigenvalue weighted by Crippen LogP contribution is 2.57. The molecule has 2 atom stereocenters. The Hall–Kier alpha value is -2.55. The first-order valence-corrected chi connectivity index (χ1v) is 11.7. The number of thioether (sulfide) groups is 1. The number of methoxy groups -OCH3 is 1. The lowest BCUT2D eigenvalue weighted by Crippen LogP contribution is -2.43. The molecule has 1 aromatic heterocycles. The van der Waals surface area contributed by atoms with Crippen molar-refractivity contribution in [1.82, 2.24) is 4.98 Å². The number of fused-ring (bicyclic) bond motifs is 1. The number of hydrogen-bond donors (Lipinski definition) is 1. The van der Waals surface area contributed by atoms with Crippen molar-refractivity contribution in [2.45, 2.75) is 17.4 Å². The van der Waals surface area contributed by atoms with Gasteiger partial charge in [-0.3, -0.25) is 14.4 Å². The zero-order valence-corrected chi connectivity index (χ0v) is 18.8. The van der Waals surface area contributed by atoms with E-state index >= 15 is 0 Å². The van der Waals surface area contributed by atoms with Crippen LogP contribution in [0.25, 0.3) is 0 Å². The van der Waals surface area contributed by atoms with Crippen molar-refractivity contribution in [3.05, 3.63) is 73.7 Å². The highest BCUT2D eigenvalue weighted by atomic mass is 35.5. The predicted octanol–water partition coefficient (Wildman–Crippen LogP) is 4.29. The van der Waals surface area contributed by atoms with Gasteiger partial charge in [0.05, 0.1) is 23.2 Å². The maximum Gasteiger partial charge on any atom is 0.305 e. The Morgan fingerprint density at radius 3 is 2.48 bits per heavy atom. The minimum atomic E-state index is -0.978. The fraction of sp³-hybridized carbons (Fsp3) is 0.227. The molecule has 2 aliphatic rings. The van der Waals surface area contributed by atoms with Crippen molar-refractivity contribution in [2.24, 2.45) is 5.41 Å². The Labute approximate surface area is 191 Å². The van der Waals surface area contributed by atoms with E-state index in [-0.39, 0.29) is 23.1 Å². The lowest BCUT2D eigenvalue weighted by atomic mass is 9.71. The molecule has 1 N–H and O–H groups in total. The summed E-state index contributed by atoms with van der Waals surface area (Å²) in [6.07, 6.45) is 0.0731. The molecule has 1 saturated heterocycles. The molecule has 158 valence electrons. The summed E-state index contributed by atoms with van der Waals surface area (Å²) < 4.78 is 5.27. The molecule has 2 aromatic carbocycles. The fourth-order valence-corrected chi connectivity index (χ4v) is 7.06. The van der Waals surface area contributed by atoms with E-state index in [4.69, 9.17) is 16.3 Å². The van der Waals surface area contributed by atoms with Gasteiger partial charge in [-0.15, -0.1) is 11.8 Å². The third-order valence-electron chi connectivity index (χ3n) is 5.81. The molecule has 0 unspecified atom stereocenters. The molecule has 3 aromatic rings. The molecule has 5 rings (SSSR count). The fourth-order valence-electron chi connectivity index (χ4n) is 4.38. The largest absolute Gasteiger partial charge is 0.497 e. The van der Waals surface area contributed by atoms with Crippen LogP contribution in [0.4, 0.5) is 5.69 Å². The van der Waals surface area contributed by atoms with Gasteiger partial charge in [0.2, 0.25) is 11.8 Å². The van der Waals surface area contributed by atoms with Crippen LogP contribution in [-0.2, 0) is 9.59 Å². The Morgan fingerprint density at radius 2 is 1.81 bits per heavy atom. The lowest BCUT2D eigenvalue weighted by molar-refractivity contribution is -0.125. The van der Waals surface area contributed by atoms with Crippen LogP contribution in [0.3, 0.4) is 0 Å². The van der Waals surface area contributed by atoms with Gasteiger partial charge in [-0.2, -0.15) is 0 Å². The van der Waals surface area contributed by atoms with E-state index in [1.54, 1.807) is 31.4 Å². The van der Waals surface area contributed by atoms with Gasteiger partial charge < -0.3 is 9.72 Å².